The molecule has 0 saturated carbocycles. The van der Waals surface area contributed by atoms with Crippen LogP contribution in [0.5, 0.6) is 5.75 Å². The van der Waals surface area contributed by atoms with E-state index in [4.69, 9.17) is 9.47 Å². The molecule has 33 heavy (non-hydrogen) atoms. The van der Waals surface area contributed by atoms with Gasteiger partial charge in [-0.3, -0.25) is 4.98 Å². The van der Waals surface area contributed by atoms with Crippen LogP contribution in [-0.4, -0.2) is 31.2 Å². The highest BCUT2D eigenvalue weighted by atomic mass is 16.5. The van der Waals surface area contributed by atoms with Gasteiger partial charge in [-0.05, 0) is 52.4 Å². The Morgan fingerprint density at radius 3 is 2.61 bits per heavy atom. The number of hydrogen-bond acceptors (Lipinski definition) is 5. The van der Waals surface area contributed by atoms with Gasteiger partial charge in [-0.2, -0.15) is 0 Å². The number of methoxy groups -OCH3 is 2. The molecule has 7 nitrogen and oxygen atoms in total. The molecule has 0 bridgehead atoms. The number of fused-ring (bicyclic) bond motifs is 1. The topological polar surface area (TPSA) is 89.5 Å². The maximum Gasteiger partial charge on any atom is 0.339 e. The third-order valence-electron chi connectivity index (χ3n) is 5.31. The lowest BCUT2D eigenvalue weighted by Crippen LogP contribution is -2.29. The average Bonchev–Trinajstić information content (AvgIpc) is 2.87. The first-order chi connectivity index (χ1) is 16.1. The quantitative estimate of drug-likeness (QED) is 0.410. The van der Waals surface area contributed by atoms with E-state index in [1.807, 2.05) is 42.5 Å². The van der Waals surface area contributed by atoms with Crippen molar-refractivity contribution in [3.05, 3.63) is 90.3 Å². The first-order valence-corrected chi connectivity index (χ1v) is 10.3. The van der Waals surface area contributed by atoms with Crippen molar-refractivity contribution < 1.29 is 19.1 Å². The van der Waals surface area contributed by atoms with Crippen LogP contribution in [0.3, 0.4) is 0 Å². The van der Waals surface area contributed by atoms with Gasteiger partial charge < -0.3 is 20.1 Å². The Morgan fingerprint density at radius 1 is 0.939 bits per heavy atom. The van der Waals surface area contributed by atoms with Crippen LogP contribution in [0.15, 0.2) is 79.1 Å². The molecule has 0 saturated heterocycles. The van der Waals surface area contributed by atoms with Gasteiger partial charge in [0.15, 0.2) is 0 Å². The Hall–Kier alpha value is -4.39. The Balaban J connectivity index is 1.56. The van der Waals surface area contributed by atoms with Gasteiger partial charge in [0, 0.05) is 24.3 Å². The van der Waals surface area contributed by atoms with Crippen LogP contribution < -0.4 is 15.4 Å². The molecule has 0 aliphatic carbocycles. The minimum atomic E-state index is -0.518. The third kappa shape index (κ3) is 4.77. The molecule has 0 unspecified atom stereocenters. The number of nitrogens with one attached hydrogen (secondary N) is 2. The molecule has 0 spiro atoms. The molecule has 0 radical (unpaired) electrons. The summed E-state index contributed by atoms with van der Waals surface area (Å²) in [6.07, 6.45) is 3.54. The van der Waals surface area contributed by atoms with Gasteiger partial charge in [0.05, 0.1) is 25.5 Å². The van der Waals surface area contributed by atoms with Gasteiger partial charge in [-0.25, -0.2) is 9.59 Å². The van der Waals surface area contributed by atoms with Crippen LogP contribution in [0.1, 0.15) is 15.9 Å². The van der Waals surface area contributed by atoms with Gasteiger partial charge in [0.25, 0.3) is 0 Å². The van der Waals surface area contributed by atoms with Crippen LogP contribution >= 0.6 is 0 Å². The van der Waals surface area contributed by atoms with Crippen molar-refractivity contribution in [1.82, 2.24) is 10.3 Å². The minimum Gasteiger partial charge on any atom is -0.497 e. The molecule has 3 aromatic carbocycles. The van der Waals surface area contributed by atoms with E-state index in [1.54, 1.807) is 43.8 Å². The Bertz CT molecular complexity index is 1320. The summed E-state index contributed by atoms with van der Waals surface area (Å²) < 4.78 is 10.1. The van der Waals surface area contributed by atoms with E-state index in [-0.39, 0.29) is 12.1 Å². The lowest BCUT2D eigenvalue weighted by molar-refractivity contribution is 0.0602. The molecule has 1 aromatic heterocycles. The Labute approximate surface area is 191 Å². The molecule has 4 rings (SSSR count). The van der Waals surface area contributed by atoms with E-state index in [9.17, 15) is 9.59 Å². The summed E-state index contributed by atoms with van der Waals surface area (Å²) in [7, 11) is 2.94. The zero-order valence-corrected chi connectivity index (χ0v) is 18.3. The van der Waals surface area contributed by atoms with Crippen LogP contribution in [0.2, 0.25) is 0 Å². The van der Waals surface area contributed by atoms with Crippen LogP contribution in [0.25, 0.3) is 21.9 Å². The van der Waals surface area contributed by atoms with Gasteiger partial charge in [-0.1, -0.05) is 36.4 Å². The molecular weight excluding hydrogens is 418 g/mol. The number of pyridine rings is 1. The van der Waals surface area contributed by atoms with Crippen molar-refractivity contribution in [2.45, 2.75) is 6.54 Å². The van der Waals surface area contributed by atoms with Crippen LogP contribution in [-0.2, 0) is 11.3 Å². The maximum atomic E-state index is 12.5. The van der Waals surface area contributed by atoms with Gasteiger partial charge in [0.1, 0.15) is 5.75 Å². The van der Waals surface area contributed by atoms with Crippen molar-refractivity contribution in [1.29, 1.82) is 0 Å². The molecule has 0 aliphatic rings. The number of ether oxygens (including phenoxy) is 2. The molecule has 7 heteroatoms. The number of urea groups is 1. The highest BCUT2D eigenvalue weighted by Gasteiger charge is 2.14. The number of anilines is 1. The van der Waals surface area contributed by atoms with E-state index in [0.29, 0.717) is 5.69 Å². The molecule has 2 amide bonds. The molecule has 0 fully saturated rings. The number of carbonyl (C=O) groups is 2. The average molecular weight is 441 g/mol. The zero-order valence-electron chi connectivity index (χ0n) is 18.3. The first kappa shape index (κ1) is 21.8. The molecule has 4 aromatic rings. The van der Waals surface area contributed by atoms with Gasteiger partial charge in [0.2, 0.25) is 0 Å². The number of esters is 1. The highest BCUT2D eigenvalue weighted by Crippen LogP contribution is 2.32. The van der Waals surface area contributed by atoms with Gasteiger partial charge in [-0.15, -0.1) is 0 Å². The Morgan fingerprint density at radius 2 is 1.79 bits per heavy atom. The standard InChI is InChI=1S/C26H23N3O4/c1-32-19-7-5-6-17(14-19)20-11-10-18(23-16-27-13-12-21(20)23)15-28-26(31)29-24-9-4-3-8-22(24)25(30)33-2/h3-14,16H,15H2,1-2H3,(H2,28,29,31). The lowest BCUT2D eigenvalue weighted by Gasteiger charge is -2.14. The van der Waals surface area contributed by atoms with Crippen molar-refractivity contribution >= 4 is 28.5 Å². The Kier molecular flexibility index (Phi) is 6.50. The summed E-state index contributed by atoms with van der Waals surface area (Å²) in [4.78, 5) is 28.7. The van der Waals surface area contributed by atoms with Crippen molar-refractivity contribution in [2.75, 3.05) is 19.5 Å². The molecule has 1 heterocycles. The number of para-hydroxylation sites is 1. The van der Waals surface area contributed by atoms with E-state index >= 15 is 0 Å². The monoisotopic (exact) mass is 441 g/mol. The summed E-state index contributed by atoms with van der Waals surface area (Å²) in [6.45, 7) is 0.285. The number of carbonyl (C=O) groups excluding carboxylic acids is 2. The minimum absolute atomic E-state index is 0.285. The summed E-state index contributed by atoms with van der Waals surface area (Å²) in [5.74, 6) is 0.264. The molecule has 166 valence electrons. The van der Waals surface area contributed by atoms with E-state index in [0.717, 1.165) is 33.2 Å². The fourth-order valence-electron chi connectivity index (χ4n) is 3.67. The van der Waals surface area contributed by atoms with E-state index in [2.05, 4.69) is 15.6 Å². The first-order valence-electron chi connectivity index (χ1n) is 10.3. The summed E-state index contributed by atoms with van der Waals surface area (Å²) >= 11 is 0. The van der Waals surface area contributed by atoms with Crippen LogP contribution in [0, 0.1) is 0 Å². The van der Waals surface area contributed by atoms with Crippen LogP contribution in [0.4, 0.5) is 10.5 Å². The number of hydrogen-bond donors (Lipinski definition) is 2. The number of nitrogens with zero attached hydrogens (tertiary/aromatic N) is 1. The predicted molar refractivity (Wildman–Crippen MR) is 127 cm³/mol. The van der Waals surface area contributed by atoms with Crippen molar-refractivity contribution in [2.24, 2.45) is 0 Å². The number of aromatic nitrogens is 1. The number of amides is 2. The van der Waals surface area contributed by atoms with E-state index in [1.165, 1.54) is 7.11 Å². The second-order valence-electron chi connectivity index (χ2n) is 7.27. The summed E-state index contributed by atoms with van der Waals surface area (Å²) in [6, 6.07) is 20.1. The zero-order chi connectivity index (χ0) is 23.2. The second-order valence-corrected chi connectivity index (χ2v) is 7.27. The van der Waals surface area contributed by atoms with Crippen molar-refractivity contribution in [3.8, 4) is 16.9 Å². The molecule has 0 atom stereocenters. The van der Waals surface area contributed by atoms with Crippen molar-refractivity contribution in [3.63, 3.8) is 0 Å². The number of rotatable bonds is 6. The molecular formula is C26H23N3O4. The SMILES string of the molecule is COC(=O)c1ccccc1NC(=O)NCc1ccc(-c2cccc(OC)c2)c2ccncc12. The number of benzene rings is 3. The second kappa shape index (κ2) is 9.82. The van der Waals surface area contributed by atoms with Gasteiger partial charge >= 0.3 is 12.0 Å². The lowest BCUT2D eigenvalue weighted by atomic mass is 9.96. The van der Waals surface area contributed by atoms with E-state index < -0.39 is 12.0 Å². The molecule has 2 N–H and O–H groups in total. The fourth-order valence-corrected chi connectivity index (χ4v) is 3.67. The largest absolute Gasteiger partial charge is 0.497 e. The smallest absolute Gasteiger partial charge is 0.339 e. The summed E-state index contributed by atoms with van der Waals surface area (Å²) in [5, 5.41) is 7.53. The normalized spacial score (nSPS) is 10.5. The predicted octanol–water partition coefficient (Wildman–Crippen LogP) is 5.02. The maximum absolute atomic E-state index is 12.5. The highest BCUT2D eigenvalue weighted by molar-refractivity contribution is 6.01. The fraction of sp³-hybridized carbons (Fsp3) is 0.115. The molecule has 0 aliphatic heterocycles. The summed E-state index contributed by atoms with van der Waals surface area (Å²) in [5.41, 5.74) is 3.66. The third-order valence-corrected chi connectivity index (χ3v) is 5.31.